The number of carbonyl (C=O) groups is 1. The van der Waals surface area contributed by atoms with Crippen LogP contribution in [-0.4, -0.2) is 66.2 Å². The summed E-state index contributed by atoms with van der Waals surface area (Å²) >= 11 is 18.5. The normalized spacial score (nSPS) is 17.0. The molecule has 2 aliphatic rings. The third-order valence-electron chi connectivity index (χ3n) is 6.68. The molecule has 3 aromatic rings. The Morgan fingerprint density at radius 3 is 2.27 bits per heavy atom. The van der Waals surface area contributed by atoms with Crippen LogP contribution in [0.25, 0.3) is 0 Å². The Hall–Kier alpha value is -2.62. The van der Waals surface area contributed by atoms with E-state index in [9.17, 15) is 4.79 Å². The van der Waals surface area contributed by atoms with Gasteiger partial charge in [0.1, 0.15) is 0 Å². The first-order valence-corrected chi connectivity index (χ1v) is 13.3. The third-order valence-corrected chi connectivity index (χ3v) is 7.58. The number of amides is 1. The molecule has 2 N–H and O–H groups in total. The van der Waals surface area contributed by atoms with Crippen LogP contribution >= 0.6 is 34.8 Å². The molecule has 0 spiro atoms. The van der Waals surface area contributed by atoms with Crippen molar-refractivity contribution in [1.29, 1.82) is 0 Å². The van der Waals surface area contributed by atoms with Crippen LogP contribution in [0.2, 0.25) is 15.1 Å². The highest BCUT2D eigenvalue weighted by Gasteiger charge is 2.26. The molecule has 37 heavy (non-hydrogen) atoms. The molecule has 2 fully saturated rings. The van der Waals surface area contributed by atoms with Crippen molar-refractivity contribution in [3.05, 3.63) is 69.4 Å². The van der Waals surface area contributed by atoms with Crippen molar-refractivity contribution in [2.75, 3.05) is 54.9 Å². The van der Waals surface area contributed by atoms with E-state index in [2.05, 4.69) is 42.5 Å². The molecular weight excluding hydrogens is 535 g/mol. The quantitative estimate of drug-likeness (QED) is 0.397. The van der Waals surface area contributed by atoms with Crippen LogP contribution in [0.5, 0.6) is 0 Å². The molecule has 8 nitrogen and oxygen atoms in total. The minimum Gasteiger partial charge on any atom is -0.379 e. The molecule has 1 amide bonds. The van der Waals surface area contributed by atoms with Crippen molar-refractivity contribution in [3.8, 4) is 0 Å². The summed E-state index contributed by atoms with van der Waals surface area (Å²) in [4.78, 5) is 26.4. The number of nitrogens with zero attached hydrogens (tertiary/aromatic N) is 4. The Balaban J connectivity index is 1.21. The van der Waals surface area contributed by atoms with Gasteiger partial charge in [-0.25, -0.2) is 9.97 Å². The standard InChI is InChI=1S/C26H27Cl3N6O2/c27-20-2-1-3-21(28)23(20)32-25(36)24-22(29)16-30-26(33-24)31-17-4-6-18(7-5-17)34-10-8-19(9-11-34)35-12-14-37-15-13-35/h1-7,16,19H,8-15H2,(H,32,36)(H,30,31,33). The summed E-state index contributed by atoms with van der Waals surface area (Å²) in [5.41, 5.74) is 2.29. The first-order chi connectivity index (χ1) is 18.0. The van der Waals surface area contributed by atoms with Crippen LogP contribution in [0.4, 0.5) is 23.0 Å². The van der Waals surface area contributed by atoms with E-state index in [0.29, 0.717) is 21.8 Å². The van der Waals surface area contributed by atoms with Gasteiger partial charge < -0.3 is 20.3 Å². The highest BCUT2D eigenvalue weighted by Crippen LogP contribution is 2.31. The summed E-state index contributed by atoms with van der Waals surface area (Å²) in [6.45, 7) is 5.82. The molecule has 0 unspecified atom stereocenters. The van der Waals surface area contributed by atoms with Crippen LogP contribution in [0.3, 0.4) is 0 Å². The molecule has 2 saturated heterocycles. The van der Waals surface area contributed by atoms with Crippen LogP contribution < -0.4 is 15.5 Å². The van der Waals surface area contributed by atoms with Gasteiger partial charge >= 0.3 is 0 Å². The summed E-state index contributed by atoms with van der Waals surface area (Å²) in [5, 5.41) is 6.56. The molecule has 5 rings (SSSR count). The lowest BCUT2D eigenvalue weighted by Gasteiger charge is -2.40. The molecule has 1 aromatic heterocycles. The number of hydrogen-bond donors (Lipinski definition) is 2. The first-order valence-electron chi connectivity index (χ1n) is 12.2. The number of hydrogen-bond acceptors (Lipinski definition) is 7. The molecule has 0 saturated carbocycles. The fourth-order valence-corrected chi connectivity index (χ4v) is 5.36. The van der Waals surface area contributed by atoms with Gasteiger partial charge in [-0.3, -0.25) is 9.69 Å². The molecule has 194 valence electrons. The molecule has 2 aromatic carbocycles. The Morgan fingerprint density at radius 2 is 1.59 bits per heavy atom. The maximum atomic E-state index is 12.8. The van der Waals surface area contributed by atoms with Crippen molar-refractivity contribution < 1.29 is 9.53 Å². The Bertz CT molecular complexity index is 1230. The van der Waals surface area contributed by atoms with Crippen molar-refractivity contribution in [2.45, 2.75) is 18.9 Å². The van der Waals surface area contributed by atoms with E-state index >= 15 is 0 Å². The Morgan fingerprint density at radius 1 is 0.919 bits per heavy atom. The van der Waals surface area contributed by atoms with Crippen molar-refractivity contribution in [2.24, 2.45) is 0 Å². The van der Waals surface area contributed by atoms with Gasteiger partial charge in [0.25, 0.3) is 5.91 Å². The van der Waals surface area contributed by atoms with Crippen molar-refractivity contribution >= 4 is 63.7 Å². The zero-order chi connectivity index (χ0) is 25.8. The largest absolute Gasteiger partial charge is 0.379 e. The lowest BCUT2D eigenvalue weighted by molar-refractivity contribution is 0.0115. The third kappa shape index (κ3) is 6.27. The lowest BCUT2D eigenvalue weighted by atomic mass is 10.0. The van der Waals surface area contributed by atoms with Gasteiger partial charge in [-0.15, -0.1) is 0 Å². The number of para-hydroxylation sites is 1. The summed E-state index contributed by atoms with van der Waals surface area (Å²) < 4.78 is 5.49. The minimum atomic E-state index is -0.540. The van der Waals surface area contributed by atoms with Crippen molar-refractivity contribution in [1.82, 2.24) is 14.9 Å². The van der Waals surface area contributed by atoms with Crippen LogP contribution in [0.15, 0.2) is 48.7 Å². The second-order valence-electron chi connectivity index (χ2n) is 8.98. The van der Waals surface area contributed by atoms with E-state index in [0.717, 1.165) is 57.9 Å². The summed E-state index contributed by atoms with van der Waals surface area (Å²) in [6.07, 6.45) is 3.69. The second kappa shape index (κ2) is 11.8. The predicted molar refractivity (Wildman–Crippen MR) is 149 cm³/mol. The fourth-order valence-electron chi connectivity index (χ4n) is 4.69. The van der Waals surface area contributed by atoms with Gasteiger partial charge in [-0.05, 0) is 49.2 Å². The second-order valence-corrected chi connectivity index (χ2v) is 10.2. The number of anilines is 4. The molecule has 3 heterocycles. The number of benzene rings is 2. The smallest absolute Gasteiger partial charge is 0.276 e. The van der Waals surface area contributed by atoms with E-state index in [-0.39, 0.29) is 16.7 Å². The summed E-state index contributed by atoms with van der Waals surface area (Å²) in [5.74, 6) is -0.292. The zero-order valence-corrected chi connectivity index (χ0v) is 22.4. The Labute approximate surface area is 230 Å². The van der Waals surface area contributed by atoms with Gasteiger partial charge in [0, 0.05) is 43.6 Å². The van der Waals surface area contributed by atoms with E-state index in [1.54, 1.807) is 18.2 Å². The summed E-state index contributed by atoms with van der Waals surface area (Å²) in [6, 6.07) is 13.7. The van der Waals surface area contributed by atoms with E-state index in [1.807, 2.05) is 12.1 Å². The van der Waals surface area contributed by atoms with Crippen LogP contribution in [-0.2, 0) is 4.74 Å². The molecular formula is C26H27Cl3N6O2. The maximum absolute atomic E-state index is 12.8. The van der Waals surface area contributed by atoms with Gasteiger partial charge in [0.15, 0.2) is 5.69 Å². The number of ether oxygens (including phenoxy) is 1. The fraction of sp³-hybridized carbons (Fsp3) is 0.346. The van der Waals surface area contributed by atoms with Gasteiger partial charge in [-0.2, -0.15) is 0 Å². The monoisotopic (exact) mass is 560 g/mol. The molecule has 0 atom stereocenters. The molecule has 0 bridgehead atoms. The highest BCUT2D eigenvalue weighted by atomic mass is 35.5. The van der Waals surface area contributed by atoms with E-state index in [4.69, 9.17) is 39.5 Å². The topological polar surface area (TPSA) is 82.6 Å². The number of piperidine rings is 1. The van der Waals surface area contributed by atoms with Gasteiger partial charge in [-0.1, -0.05) is 40.9 Å². The average Bonchev–Trinajstić information content (AvgIpc) is 2.93. The maximum Gasteiger partial charge on any atom is 0.276 e. The number of carbonyl (C=O) groups excluding carboxylic acids is 1. The lowest BCUT2D eigenvalue weighted by Crippen LogP contribution is -2.49. The van der Waals surface area contributed by atoms with Gasteiger partial charge in [0.05, 0.1) is 40.2 Å². The minimum absolute atomic E-state index is 0.00918. The van der Waals surface area contributed by atoms with E-state index in [1.165, 1.54) is 11.9 Å². The number of morpholine rings is 1. The molecule has 0 aliphatic carbocycles. The highest BCUT2D eigenvalue weighted by molar-refractivity contribution is 6.40. The Kier molecular flexibility index (Phi) is 8.32. The summed E-state index contributed by atoms with van der Waals surface area (Å²) in [7, 11) is 0. The molecule has 2 aliphatic heterocycles. The first kappa shape index (κ1) is 26.0. The van der Waals surface area contributed by atoms with Crippen molar-refractivity contribution in [3.63, 3.8) is 0 Å². The number of nitrogens with one attached hydrogen (secondary N) is 2. The number of rotatable bonds is 6. The number of aromatic nitrogens is 2. The molecule has 0 radical (unpaired) electrons. The average molecular weight is 562 g/mol. The van der Waals surface area contributed by atoms with Crippen LogP contribution in [0.1, 0.15) is 23.3 Å². The van der Waals surface area contributed by atoms with E-state index < -0.39 is 5.91 Å². The molecule has 11 heteroatoms. The zero-order valence-electron chi connectivity index (χ0n) is 20.1. The SMILES string of the molecule is O=C(Nc1c(Cl)cccc1Cl)c1nc(Nc2ccc(N3CCC(N4CCOCC4)CC3)cc2)ncc1Cl. The predicted octanol–water partition coefficient (Wildman–Crippen LogP) is 5.73. The van der Waals surface area contributed by atoms with Crippen LogP contribution in [0, 0.1) is 0 Å². The van der Waals surface area contributed by atoms with Gasteiger partial charge in [0.2, 0.25) is 5.95 Å². The number of halogens is 3.